The highest BCUT2D eigenvalue weighted by Crippen LogP contribution is 2.38. The van der Waals surface area contributed by atoms with Crippen LogP contribution in [-0.2, 0) is 0 Å². The van der Waals surface area contributed by atoms with Crippen molar-refractivity contribution in [3.8, 4) is 0 Å². The van der Waals surface area contributed by atoms with Gasteiger partial charge in [0, 0.05) is 12.6 Å². The van der Waals surface area contributed by atoms with Gasteiger partial charge in [-0.15, -0.1) is 0 Å². The minimum Gasteiger partial charge on any atom is -0.335 e. The third-order valence-electron chi connectivity index (χ3n) is 5.52. The molecule has 1 aliphatic heterocycles. The van der Waals surface area contributed by atoms with Crippen LogP contribution in [0.3, 0.4) is 0 Å². The van der Waals surface area contributed by atoms with Gasteiger partial charge in [0.25, 0.3) is 11.5 Å². The average Bonchev–Trinajstić information content (AvgIpc) is 2.50. The molecule has 1 aromatic rings. The highest BCUT2D eigenvalue weighted by atomic mass is 16.2. The summed E-state index contributed by atoms with van der Waals surface area (Å²) in [6, 6.07) is 0.310. The number of nitrogens with zero attached hydrogens (tertiary/aromatic N) is 2. The molecule has 2 fully saturated rings. The van der Waals surface area contributed by atoms with Crippen LogP contribution in [0.25, 0.3) is 0 Å². The van der Waals surface area contributed by atoms with Crippen molar-refractivity contribution in [3.05, 3.63) is 27.2 Å². The molecule has 120 valence electrons. The molecule has 2 aliphatic rings. The Morgan fingerprint density at radius 1 is 1.27 bits per heavy atom. The molecular weight excluding hydrogens is 278 g/mol. The third kappa shape index (κ3) is 2.57. The van der Waals surface area contributed by atoms with Crippen molar-refractivity contribution >= 4 is 5.91 Å². The Morgan fingerprint density at radius 3 is 2.82 bits per heavy atom. The Hall–Kier alpha value is -1.65. The lowest BCUT2D eigenvalue weighted by atomic mass is 9.74. The predicted molar refractivity (Wildman–Crippen MR) is 84.9 cm³/mol. The smallest absolute Gasteiger partial charge is 0.277 e. The van der Waals surface area contributed by atoms with Crippen molar-refractivity contribution in [2.24, 2.45) is 11.8 Å². The first-order valence-corrected chi connectivity index (χ1v) is 8.36. The van der Waals surface area contributed by atoms with Crippen LogP contribution in [0.2, 0.25) is 0 Å². The number of likely N-dealkylation sites (tertiary alicyclic amines) is 1. The van der Waals surface area contributed by atoms with Gasteiger partial charge in [-0.2, -0.15) is 5.10 Å². The fourth-order valence-corrected chi connectivity index (χ4v) is 4.17. The van der Waals surface area contributed by atoms with Gasteiger partial charge in [-0.25, -0.2) is 5.10 Å². The number of nitrogens with one attached hydrogen (secondary N) is 1. The van der Waals surface area contributed by atoms with Gasteiger partial charge in [0.05, 0.1) is 5.69 Å². The molecule has 3 rings (SSSR count). The maximum absolute atomic E-state index is 13.0. The van der Waals surface area contributed by atoms with E-state index in [9.17, 15) is 9.59 Å². The van der Waals surface area contributed by atoms with Crippen molar-refractivity contribution in [1.29, 1.82) is 0 Å². The second-order valence-electron chi connectivity index (χ2n) is 7.02. The first-order chi connectivity index (χ1) is 10.5. The molecule has 0 bridgehead atoms. The van der Waals surface area contributed by atoms with Crippen molar-refractivity contribution in [1.82, 2.24) is 15.1 Å². The molecule has 0 radical (unpaired) electrons. The number of carbonyl (C=O) groups excluding carboxylic acids is 1. The lowest BCUT2D eigenvalue weighted by Crippen LogP contribution is -2.51. The number of piperidine rings is 1. The van der Waals surface area contributed by atoms with E-state index in [2.05, 4.69) is 17.1 Å². The summed E-state index contributed by atoms with van der Waals surface area (Å²) in [5, 5.41) is 6.40. The van der Waals surface area contributed by atoms with Gasteiger partial charge in [0.2, 0.25) is 0 Å². The highest BCUT2D eigenvalue weighted by molar-refractivity contribution is 5.95. The van der Waals surface area contributed by atoms with Crippen LogP contribution >= 0.6 is 0 Å². The maximum atomic E-state index is 13.0. The van der Waals surface area contributed by atoms with Crippen molar-refractivity contribution < 1.29 is 4.79 Å². The second-order valence-corrected chi connectivity index (χ2v) is 7.02. The quantitative estimate of drug-likeness (QED) is 0.866. The van der Waals surface area contributed by atoms with Gasteiger partial charge in [0.15, 0.2) is 0 Å². The molecule has 1 N–H and O–H groups in total. The summed E-state index contributed by atoms with van der Waals surface area (Å²) in [5.74, 6) is 1.25. The minimum absolute atomic E-state index is 0.103. The zero-order chi connectivity index (χ0) is 15.9. The Labute approximate surface area is 131 Å². The predicted octanol–water partition coefficient (Wildman–Crippen LogP) is 2.43. The molecule has 0 unspecified atom stereocenters. The van der Waals surface area contributed by atoms with Crippen molar-refractivity contribution in [2.45, 2.75) is 58.9 Å². The molecule has 1 saturated carbocycles. The van der Waals surface area contributed by atoms with Crippen LogP contribution in [0.15, 0.2) is 4.79 Å². The lowest BCUT2D eigenvalue weighted by molar-refractivity contribution is 0.0319. The van der Waals surface area contributed by atoms with Gasteiger partial charge in [-0.3, -0.25) is 9.59 Å². The van der Waals surface area contributed by atoms with Crippen LogP contribution in [-0.4, -0.2) is 33.6 Å². The van der Waals surface area contributed by atoms with Crippen LogP contribution < -0.4 is 5.56 Å². The zero-order valence-corrected chi connectivity index (χ0v) is 13.7. The summed E-state index contributed by atoms with van der Waals surface area (Å²) in [5.41, 5.74) is 1.35. The summed E-state index contributed by atoms with van der Waals surface area (Å²) in [7, 11) is 0. The molecule has 22 heavy (non-hydrogen) atoms. The molecule has 1 aliphatic carbocycles. The Morgan fingerprint density at radius 2 is 2.05 bits per heavy atom. The Bertz CT molecular complexity index is 637. The average molecular weight is 303 g/mol. The van der Waals surface area contributed by atoms with Crippen LogP contribution in [0.5, 0.6) is 0 Å². The number of hydrogen-bond donors (Lipinski definition) is 1. The Kier molecular flexibility index (Phi) is 4.06. The van der Waals surface area contributed by atoms with E-state index in [0.717, 1.165) is 25.3 Å². The molecular formula is C17H25N3O2. The largest absolute Gasteiger partial charge is 0.335 e. The van der Waals surface area contributed by atoms with Crippen molar-refractivity contribution in [3.63, 3.8) is 0 Å². The van der Waals surface area contributed by atoms with Gasteiger partial charge in [0.1, 0.15) is 5.56 Å². The van der Waals surface area contributed by atoms with E-state index in [1.807, 2.05) is 18.7 Å². The SMILES string of the molecule is Cc1n[nH]c(=O)c(C(=O)N2CCC[C@@H]3C[C@@H](C)CC[C@H]32)c1C. The summed E-state index contributed by atoms with van der Waals surface area (Å²) in [4.78, 5) is 27.1. The number of fused-ring (bicyclic) bond motifs is 1. The van der Waals surface area contributed by atoms with E-state index in [0.29, 0.717) is 23.2 Å². The topological polar surface area (TPSA) is 66.1 Å². The maximum Gasteiger partial charge on any atom is 0.277 e. The molecule has 2 heterocycles. The van der Waals surface area contributed by atoms with Crippen LogP contribution in [0.4, 0.5) is 0 Å². The molecule has 1 aromatic heterocycles. The van der Waals surface area contributed by atoms with Gasteiger partial charge in [-0.05, 0) is 63.4 Å². The van der Waals surface area contributed by atoms with Crippen LogP contribution in [0.1, 0.15) is 60.6 Å². The molecule has 5 heteroatoms. The van der Waals surface area contributed by atoms with E-state index in [1.54, 1.807) is 0 Å². The van der Waals surface area contributed by atoms with E-state index in [4.69, 9.17) is 0 Å². The minimum atomic E-state index is -0.362. The van der Waals surface area contributed by atoms with E-state index >= 15 is 0 Å². The number of aromatic amines is 1. The van der Waals surface area contributed by atoms with E-state index in [1.165, 1.54) is 19.3 Å². The monoisotopic (exact) mass is 303 g/mol. The molecule has 1 saturated heterocycles. The van der Waals surface area contributed by atoms with Crippen LogP contribution in [0, 0.1) is 25.7 Å². The number of aromatic nitrogens is 2. The number of amides is 1. The molecule has 1 amide bonds. The Balaban J connectivity index is 1.92. The highest BCUT2D eigenvalue weighted by Gasteiger charge is 2.38. The summed E-state index contributed by atoms with van der Waals surface area (Å²) in [6.07, 6.45) is 5.71. The second kappa shape index (κ2) is 5.86. The summed E-state index contributed by atoms with van der Waals surface area (Å²) >= 11 is 0. The lowest BCUT2D eigenvalue weighted by Gasteiger charge is -2.45. The number of H-pyrrole nitrogens is 1. The normalized spacial score (nSPS) is 28.3. The standard InChI is InChI=1S/C17H25N3O2/c1-10-6-7-14-13(9-10)5-4-8-20(14)17(22)15-11(2)12(3)18-19-16(15)21/h10,13-14H,4-9H2,1-3H3,(H,19,21)/t10-,13+,14+/m0/s1. The van der Waals surface area contributed by atoms with Gasteiger partial charge >= 0.3 is 0 Å². The fourth-order valence-electron chi connectivity index (χ4n) is 4.17. The van der Waals surface area contributed by atoms with Crippen molar-refractivity contribution in [2.75, 3.05) is 6.54 Å². The van der Waals surface area contributed by atoms with E-state index in [-0.39, 0.29) is 17.0 Å². The van der Waals surface area contributed by atoms with E-state index < -0.39 is 0 Å². The van der Waals surface area contributed by atoms with Gasteiger partial charge in [-0.1, -0.05) is 6.92 Å². The third-order valence-corrected chi connectivity index (χ3v) is 5.52. The zero-order valence-electron chi connectivity index (χ0n) is 13.7. The number of carbonyl (C=O) groups is 1. The summed E-state index contributed by atoms with van der Waals surface area (Å²) < 4.78 is 0. The number of hydrogen-bond acceptors (Lipinski definition) is 3. The molecule has 0 spiro atoms. The fraction of sp³-hybridized carbons (Fsp3) is 0.706. The number of rotatable bonds is 1. The number of aryl methyl sites for hydroxylation is 1. The molecule has 3 atom stereocenters. The first kappa shape index (κ1) is 15.3. The molecule has 0 aromatic carbocycles. The summed E-state index contributed by atoms with van der Waals surface area (Å²) in [6.45, 7) is 6.71. The molecule has 5 nitrogen and oxygen atoms in total. The first-order valence-electron chi connectivity index (χ1n) is 8.36. The van der Waals surface area contributed by atoms with Gasteiger partial charge < -0.3 is 4.90 Å².